The molecule has 24 heavy (non-hydrogen) atoms. The molecular formula is C19H27N3O2. The van der Waals surface area contributed by atoms with Crippen molar-refractivity contribution in [2.45, 2.75) is 38.5 Å². The van der Waals surface area contributed by atoms with Crippen LogP contribution in [0.1, 0.15) is 37.7 Å². The average Bonchev–Trinajstić information content (AvgIpc) is 3.09. The Morgan fingerprint density at radius 3 is 2.71 bits per heavy atom. The maximum absolute atomic E-state index is 5.41. The van der Waals surface area contributed by atoms with Gasteiger partial charge in [-0.2, -0.15) is 0 Å². The summed E-state index contributed by atoms with van der Waals surface area (Å²) in [5.74, 6) is 2.55. The van der Waals surface area contributed by atoms with Crippen LogP contribution in [0, 0.1) is 0 Å². The molecule has 0 amide bonds. The molecule has 2 aliphatic rings. The summed E-state index contributed by atoms with van der Waals surface area (Å²) in [6, 6.07) is 6.11. The smallest absolute Gasteiger partial charge is 0.231 e. The van der Waals surface area contributed by atoms with Gasteiger partial charge in [-0.15, -0.1) is 0 Å². The highest BCUT2D eigenvalue weighted by molar-refractivity contribution is 5.79. The van der Waals surface area contributed by atoms with E-state index in [1.54, 1.807) is 5.57 Å². The largest absolute Gasteiger partial charge is 0.454 e. The predicted molar refractivity (Wildman–Crippen MR) is 96.8 cm³/mol. The maximum atomic E-state index is 5.41. The van der Waals surface area contributed by atoms with Gasteiger partial charge in [-0.05, 0) is 56.2 Å². The Hall–Kier alpha value is -2.17. The van der Waals surface area contributed by atoms with Gasteiger partial charge >= 0.3 is 0 Å². The zero-order chi connectivity index (χ0) is 16.6. The third kappa shape index (κ3) is 4.66. The molecule has 0 saturated heterocycles. The van der Waals surface area contributed by atoms with E-state index in [1.807, 2.05) is 13.1 Å². The molecule has 0 fully saturated rings. The number of fused-ring (bicyclic) bond motifs is 1. The molecule has 1 heterocycles. The van der Waals surface area contributed by atoms with Gasteiger partial charge in [0.25, 0.3) is 0 Å². The summed E-state index contributed by atoms with van der Waals surface area (Å²) >= 11 is 0. The topological polar surface area (TPSA) is 54.9 Å². The minimum Gasteiger partial charge on any atom is -0.454 e. The third-order valence-electron chi connectivity index (χ3n) is 4.49. The molecule has 0 atom stereocenters. The molecular weight excluding hydrogens is 302 g/mol. The molecule has 0 spiro atoms. The summed E-state index contributed by atoms with van der Waals surface area (Å²) in [7, 11) is 1.82. The minimum absolute atomic E-state index is 0.323. The van der Waals surface area contributed by atoms with E-state index < -0.39 is 0 Å². The molecule has 1 aliphatic heterocycles. The number of benzene rings is 1. The van der Waals surface area contributed by atoms with Crippen molar-refractivity contribution in [2.75, 3.05) is 26.9 Å². The first-order valence-electron chi connectivity index (χ1n) is 8.86. The van der Waals surface area contributed by atoms with Gasteiger partial charge in [-0.25, -0.2) is 0 Å². The lowest BCUT2D eigenvalue weighted by Crippen LogP contribution is -2.38. The highest BCUT2D eigenvalue weighted by atomic mass is 16.7. The van der Waals surface area contributed by atoms with Gasteiger partial charge in [-0.1, -0.05) is 17.7 Å². The Morgan fingerprint density at radius 1 is 1.08 bits per heavy atom. The quantitative estimate of drug-likeness (QED) is 0.478. The van der Waals surface area contributed by atoms with Crippen LogP contribution in [0.15, 0.2) is 34.8 Å². The summed E-state index contributed by atoms with van der Waals surface area (Å²) < 4.78 is 10.8. The Kier molecular flexibility index (Phi) is 5.99. The zero-order valence-corrected chi connectivity index (χ0v) is 14.4. The van der Waals surface area contributed by atoms with Crippen molar-refractivity contribution < 1.29 is 9.47 Å². The molecule has 0 aromatic heterocycles. The van der Waals surface area contributed by atoms with E-state index in [2.05, 4.69) is 33.8 Å². The van der Waals surface area contributed by atoms with E-state index in [1.165, 1.54) is 31.2 Å². The van der Waals surface area contributed by atoms with Crippen molar-refractivity contribution in [1.82, 2.24) is 10.6 Å². The number of ether oxygens (including phenoxy) is 2. The molecule has 3 rings (SSSR count). The Bertz CT molecular complexity index is 611. The lowest BCUT2D eigenvalue weighted by Gasteiger charge is -2.15. The Balaban J connectivity index is 1.37. The minimum atomic E-state index is 0.323. The van der Waals surface area contributed by atoms with Crippen molar-refractivity contribution in [2.24, 2.45) is 4.99 Å². The number of nitrogens with zero attached hydrogens (tertiary/aromatic N) is 1. The molecule has 0 saturated carbocycles. The summed E-state index contributed by atoms with van der Waals surface area (Å²) in [5.41, 5.74) is 2.82. The molecule has 2 N–H and O–H groups in total. The third-order valence-corrected chi connectivity index (χ3v) is 4.49. The number of hydrogen-bond acceptors (Lipinski definition) is 3. The van der Waals surface area contributed by atoms with Gasteiger partial charge in [0, 0.05) is 20.1 Å². The zero-order valence-electron chi connectivity index (χ0n) is 14.4. The number of hydrogen-bond donors (Lipinski definition) is 2. The maximum Gasteiger partial charge on any atom is 0.231 e. The summed E-state index contributed by atoms with van der Waals surface area (Å²) in [4.78, 5) is 4.29. The number of rotatable bonds is 6. The fourth-order valence-electron chi connectivity index (χ4n) is 3.12. The summed E-state index contributed by atoms with van der Waals surface area (Å²) in [5, 5.41) is 6.77. The van der Waals surface area contributed by atoms with Gasteiger partial charge in [0.15, 0.2) is 17.5 Å². The van der Waals surface area contributed by atoms with E-state index in [9.17, 15) is 0 Å². The van der Waals surface area contributed by atoms with Gasteiger partial charge in [0.2, 0.25) is 6.79 Å². The summed E-state index contributed by atoms with van der Waals surface area (Å²) in [6.45, 7) is 2.10. The van der Waals surface area contributed by atoms with Crippen LogP contribution in [0.25, 0.3) is 0 Å². The van der Waals surface area contributed by atoms with Crippen molar-refractivity contribution >= 4 is 5.96 Å². The molecule has 0 radical (unpaired) electrons. The van der Waals surface area contributed by atoms with Crippen molar-refractivity contribution in [3.63, 3.8) is 0 Å². The molecule has 1 aromatic carbocycles. The van der Waals surface area contributed by atoms with E-state index >= 15 is 0 Å². The number of guanidine groups is 1. The van der Waals surface area contributed by atoms with Crippen molar-refractivity contribution in [3.8, 4) is 11.5 Å². The lowest BCUT2D eigenvalue weighted by molar-refractivity contribution is 0.174. The molecule has 0 bridgehead atoms. The van der Waals surface area contributed by atoms with Gasteiger partial charge in [0.1, 0.15) is 0 Å². The standard InChI is InChI=1S/C19H27N3O2/c1-20-19(21-11-9-15-5-3-2-4-6-15)22-12-10-16-7-8-17-18(13-16)24-14-23-17/h5,7-8,13H,2-4,6,9-12,14H2,1H3,(H2,20,21,22). The monoisotopic (exact) mass is 329 g/mol. The van der Waals surface area contributed by atoms with E-state index in [4.69, 9.17) is 9.47 Å². The van der Waals surface area contributed by atoms with E-state index in [0.29, 0.717) is 6.79 Å². The molecule has 130 valence electrons. The van der Waals surface area contributed by atoms with Crippen LogP contribution >= 0.6 is 0 Å². The predicted octanol–water partition coefficient (Wildman–Crippen LogP) is 3.01. The van der Waals surface area contributed by atoms with Crippen LogP contribution in [0.4, 0.5) is 0 Å². The van der Waals surface area contributed by atoms with Crippen LogP contribution in [-0.2, 0) is 6.42 Å². The van der Waals surface area contributed by atoms with Crippen LogP contribution in [-0.4, -0.2) is 32.9 Å². The van der Waals surface area contributed by atoms with Crippen molar-refractivity contribution in [3.05, 3.63) is 35.4 Å². The van der Waals surface area contributed by atoms with E-state index in [-0.39, 0.29) is 0 Å². The number of aliphatic imine (C=N–C) groups is 1. The molecule has 1 aliphatic carbocycles. The first-order valence-corrected chi connectivity index (χ1v) is 8.86. The Morgan fingerprint density at radius 2 is 1.92 bits per heavy atom. The number of allylic oxidation sites excluding steroid dienone is 1. The second kappa shape index (κ2) is 8.62. The van der Waals surface area contributed by atoms with Crippen molar-refractivity contribution in [1.29, 1.82) is 0 Å². The molecule has 0 unspecified atom stereocenters. The van der Waals surface area contributed by atoms with Crippen LogP contribution in [0.5, 0.6) is 11.5 Å². The first-order chi connectivity index (χ1) is 11.8. The molecule has 1 aromatic rings. The van der Waals surface area contributed by atoms with Crippen LogP contribution < -0.4 is 20.1 Å². The SMILES string of the molecule is CN=C(NCCC1=CCCCC1)NCCc1ccc2c(c1)OCO2. The van der Waals surface area contributed by atoms with Crippen LogP contribution in [0.3, 0.4) is 0 Å². The van der Waals surface area contributed by atoms with E-state index in [0.717, 1.165) is 43.4 Å². The Labute approximate surface area is 144 Å². The lowest BCUT2D eigenvalue weighted by atomic mass is 9.97. The highest BCUT2D eigenvalue weighted by Crippen LogP contribution is 2.32. The fraction of sp³-hybridized carbons (Fsp3) is 0.526. The highest BCUT2D eigenvalue weighted by Gasteiger charge is 2.13. The second-order valence-electron chi connectivity index (χ2n) is 6.22. The van der Waals surface area contributed by atoms with Gasteiger partial charge in [0.05, 0.1) is 0 Å². The first kappa shape index (κ1) is 16.7. The average molecular weight is 329 g/mol. The number of nitrogens with one attached hydrogen (secondary N) is 2. The fourth-order valence-corrected chi connectivity index (χ4v) is 3.12. The van der Waals surface area contributed by atoms with Gasteiger partial charge < -0.3 is 20.1 Å². The summed E-state index contributed by atoms with van der Waals surface area (Å²) in [6.07, 6.45) is 9.64. The molecule has 5 nitrogen and oxygen atoms in total. The molecule has 5 heteroatoms. The van der Waals surface area contributed by atoms with Gasteiger partial charge in [-0.3, -0.25) is 4.99 Å². The normalized spacial score (nSPS) is 16.7. The second-order valence-corrected chi connectivity index (χ2v) is 6.22. The van der Waals surface area contributed by atoms with Crippen LogP contribution in [0.2, 0.25) is 0 Å².